The second-order valence-corrected chi connectivity index (χ2v) is 10.6. The normalized spacial score (nSPS) is 23.0. The average molecular weight is 560 g/mol. The number of aromatic nitrogens is 1. The molecule has 1 atom stereocenters. The molecule has 0 bridgehead atoms. The number of carbonyl (C=O) groups excluding carboxylic acids is 2. The number of anilines is 1. The van der Waals surface area contributed by atoms with Crippen LogP contribution in [0, 0.1) is 5.92 Å². The molecule has 1 aliphatic carbocycles. The van der Waals surface area contributed by atoms with Crippen LogP contribution in [0.2, 0.25) is 10.0 Å². The predicted octanol–water partition coefficient (Wildman–Crippen LogP) is 5.90. The molecule has 2 aromatic carbocycles. The Morgan fingerprint density at radius 3 is 2.47 bits per heavy atom. The zero-order valence-electron chi connectivity index (χ0n) is 20.2. The topological polar surface area (TPSA) is 82.5 Å². The van der Waals surface area contributed by atoms with Gasteiger partial charge in [-0.05, 0) is 61.4 Å². The van der Waals surface area contributed by atoms with Gasteiger partial charge in [0.1, 0.15) is 5.69 Å². The third kappa shape index (κ3) is 4.88. The van der Waals surface area contributed by atoms with Crippen molar-refractivity contribution in [3.63, 3.8) is 0 Å². The molecular weight excluding hydrogens is 535 g/mol. The Kier molecular flexibility index (Phi) is 7.40. The first-order chi connectivity index (χ1) is 18.2. The first-order valence-electron chi connectivity index (χ1n) is 12.3. The van der Waals surface area contributed by atoms with Gasteiger partial charge in [-0.15, -0.1) is 0 Å². The van der Waals surface area contributed by atoms with Crippen LogP contribution >= 0.6 is 23.2 Å². The van der Waals surface area contributed by atoms with Crippen molar-refractivity contribution >= 4 is 40.7 Å². The molecule has 198 valence electrons. The number of nitrogens with one attached hydrogen (secondary N) is 1. The van der Waals surface area contributed by atoms with E-state index in [2.05, 4.69) is 10.3 Å². The number of amides is 2. The number of alkyl halides is 2. The minimum absolute atomic E-state index is 0.107. The molecule has 6 nitrogen and oxygen atoms in total. The van der Waals surface area contributed by atoms with Crippen LogP contribution in [-0.4, -0.2) is 34.5 Å². The lowest BCUT2D eigenvalue weighted by Crippen LogP contribution is -2.44. The molecule has 1 unspecified atom stereocenters. The van der Waals surface area contributed by atoms with Crippen LogP contribution in [0.15, 0.2) is 60.8 Å². The molecule has 0 radical (unpaired) electrons. The molecule has 3 aromatic rings. The van der Waals surface area contributed by atoms with Crippen molar-refractivity contribution in [2.45, 2.75) is 43.8 Å². The molecule has 5 rings (SSSR count). The number of carbonyl (C=O) groups is 2. The van der Waals surface area contributed by atoms with Crippen LogP contribution in [0.5, 0.6) is 0 Å². The first-order valence-corrected chi connectivity index (χ1v) is 13.1. The summed E-state index contributed by atoms with van der Waals surface area (Å²) in [6.07, 6.45) is 0.845. The number of pyridine rings is 1. The van der Waals surface area contributed by atoms with Gasteiger partial charge in [-0.25, -0.2) is 8.78 Å². The minimum atomic E-state index is -2.89. The van der Waals surface area contributed by atoms with Crippen LogP contribution in [0.4, 0.5) is 14.5 Å². The van der Waals surface area contributed by atoms with E-state index in [0.717, 1.165) is 6.20 Å². The van der Waals surface area contributed by atoms with E-state index < -0.39 is 29.5 Å². The molecular formula is C28H25Cl2F2N3O3. The fraction of sp³-hybridized carbons (Fsp3) is 0.321. The summed E-state index contributed by atoms with van der Waals surface area (Å²) in [5.41, 5.74) is -1.12. The molecule has 2 heterocycles. The van der Waals surface area contributed by atoms with Crippen molar-refractivity contribution in [3.05, 3.63) is 93.2 Å². The summed E-state index contributed by atoms with van der Waals surface area (Å²) in [5, 5.41) is 15.0. The van der Waals surface area contributed by atoms with Gasteiger partial charge in [0.15, 0.2) is 5.60 Å². The molecule has 0 spiro atoms. The average Bonchev–Trinajstić information content (AvgIpc) is 3.12. The Bertz CT molecular complexity index is 1370. The molecule has 0 saturated heterocycles. The number of halogens is 4. The highest BCUT2D eigenvalue weighted by atomic mass is 35.5. The van der Waals surface area contributed by atoms with E-state index in [1.54, 1.807) is 47.4 Å². The zero-order valence-corrected chi connectivity index (χ0v) is 21.7. The highest BCUT2D eigenvalue weighted by Gasteiger charge is 2.51. The van der Waals surface area contributed by atoms with Crippen LogP contribution < -0.4 is 10.2 Å². The predicted molar refractivity (Wildman–Crippen MR) is 141 cm³/mol. The van der Waals surface area contributed by atoms with E-state index in [1.807, 2.05) is 6.07 Å². The van der Waals surface area contributed by atoms with Crippen molar-refractivity contribution in [1.29, 1.82) is 0 Å². The summed E-state index contributed by atoms with van der Waals surface area (Å²) in [6, 6.07) is 14.9. The SMILES string of the molecule is O=C(N[C@H]1CC[C@H](CN2C(=O)C(O)(c3ccccc3)c3cc(Cl)ccc32)CC1)c1cc(Cl)cnc1C(F)F. The van der Waals surface area contributed by atoms with E-state index in [4.69, 9.17) is 23.2 Å². The fourth-order valence-corrected chi connectivity index (χ4v) is 5.74. The maximum Gasteiger partial charge on any atom is 0.281 e. The van der Waals surface area contributed by atoms with Crippen molar-refractivity contribution in [3.8, 4) is 0 Å². The Morgan fingerprint density at radius 2 is 1.79 bits per heavy atom. The summed E-state index contributed by atoms with van der Waals surface area (Å²) < 4.78 is 26.6. The smallest absolute Gasteiger partial charge is 0.281 e. The fourth-order valence-electron chi connectivity index (χ4n) is 5.41. The van der Waals surface area contributed by atoms with Gasteiger partial charge in [0.05, 0.1) is 16.3 Å². The molecule has 1 saturated carbocycles. The maximum absolute atomic E-state index is 13.6. The number of rotatable bonds is 6. The molecule has 2 N–H and O–H groups in total. The van der Waals surface area contributed by atoms with Crippen LogP contribution in [-0.2, 0) is 10.4 Å². The molecule has 1 fully saturated rings. The Morgan fingerprint density at radius 1 is 1.08 bits per heavy atom. The Hall–Kier alpha value is -3.07. The van der Waals surface area contributed by atoms with E-state index in [1.165, 1.54) is 6.07 Å². The lowest BCUT2D eigenvalue weighted by Gasteiger charge is -2.32. The van der Waals surface area contributed by atoms with Crippen molar-refractivity contribution < 1.29 is 23.5 Å². The summed E-state index contributed by atoms with van der Waals surface area (Å²) >= 11 is 12.1. The van der Waals surface area contributed by atoms with Crippen molar-refractivity contribution in [2.24, 2.45) is 5.92 Å². The van der Waals surface area contributed by atoms with Gasteiger partial charge in [-0.1, -0.05) is 53.5 Å². The van der Waals surface area contributed by atoms with Gasteiger partial charge in [0, 0.05) is 29.4 Å². The second kappa shape index (κ2) is 10.6. The lowest BCUT2D eigenvalue weighted by atomic mass is 9.85. The first kappa shape index (κ1) is 26.5. The van der Waals surface area contributed by atoms with Crippen LogP contribution in [0.1, 0.15) is 59.3 Å². The number of fused-ring (bicyclic) bond motifs is 1. The van der Waals surface area contributed by atoms with Crippen molar-refractivity contribution in [2.75, 3.05) is 11.4 Å². The Balaban J connectivity index is 1.28. The van der Waals surface area contributed by atoms with E-state index >= 15 is 0 Å². The number of nitrogens with zero attached hydrogens (tertiary/aromatic N) is 2. The molecule has 10 heteroatoms. The molecule has 38 heavy (non-hydrogen) atoms. The monoisotopic (exact) mass is 559 g/mol. The van der Waals surface area contributed by atoms with Crippen LogP contribution in [0.25, 0.3) is 0 Å². The highest BCUT2D eigenvalue weighted by Crippen LogP contribution is 2.46. The summed E-state index contributed by atoms with van der Waals surface area (Å²) in [4.78, 5) is 31.6. The van der Waals surface area contributed by atoms with E-state index in [0.29, 0.717) is 54.1 Å². The van der Waals surface area contributed by atoms with Gasteiger partial charge in [-0.3, -0.25) is 14.6 Å². The third-order valence-electron chi connectivity index (χ3n) is 7.34. The quantitative estimate of drug-likeness (QED) is 0.394. The Labute approximate surface area is 228 Å². The largest absolute Gasteiger partial charge is 0.372 e. The molecule has 2 amide bonds. The number of hydrogen-bond acceptors (Lipinski definition) is 4. The van der Waals surface area contributed by atoms with Gasteiger partial charge >= 0.3 is 0 Å². The van der Waals surface area contributed by atoms with Crippen LogP contribution in [0.3, 0.4) is 0 Å². The lowest BCUT2D eigenvalue weighted by molar-refractivity contribution is -0.132. The summed E-state index contributed by atoms with van der Waals surface area (Å²) in [7, 11) is 0. The third-order valence-corrected chi connectivity index (χ3v) is 7.79. The van der Waals surface area contributed by atoms with Crippen molar-refractivity contribution in [1.82, 2.24) is 10.3 Å². The highest BCUT2D eigenvalue weighted by molar-refractivity contribution is 6.31. The van der Waals surface area contributed by atoms with E-state index in [-0.39, 0.29) is 22.5 Å². The van der Waals surface area contributed by atoms with Gasteiger partial charge in [0.2, 0.25) is 0 Å². The number of hydrogen-bond donors (Lipinski definition) is 2. The van der Waals surface area contributed by atoms with Gasteiger partial charge < -0.3 is 15.3 Å². The number of aliphatic hydroxyl groups is 1. The zero-order chi connectivity index (χ0) is 27.0. The van der Waals surface area contributed by atoms with Gasteiger partial charge in [0.25, 0.3) is 18.2 Å². The minimum Gasteiger partial charge on any atom is -0.372 e. The summed E-state index contributed by atoms with van der Waals surface area (Å²) in [5.74, 6) is -0.935. The standard InChI is InChI=1S/C28H25Cl2F2N3O3/c29-18-8-11-23-22(13-18)28(38,17-4-2-1-3-5-17)27(37)35(23)15-16-6-9-20(10-7-16)34-26(36)21-12-19(30)14-33-24(21)25(31)32/h1-5,8,11-14,16,20,25,38H,6-7,9-10,15H2,(H,34,36)/t16-,20-,28?. The second-order valence-electron chi connectivity index (χ2n) is 9.73. The van der Waals surface area contributed by atoms with Gasteiger partial charge in [-0.2, -0.15) is 0 Å². The number of benzene rings is 2. The molecule has 2 aliphatic rings. The maximum atomic E-state index is 13.6. The summed E-state index contributed by atoms with van der Waals surface area (Å²) in [6.45, 7) is 0.400. The molecule has 1 aliphatic heterocycles. The van der Waals surface area contributed by atoms with E-state index in [9.17, 15) is 23.5 Å². The molecule has 1 aromatic heterocycles.